The Labute approximate surface area is 310 Å². The number of para-hydroxylation sites is 1. The number of nitrogens with one attached hydrogen (secondary N) is 1. The molecule has 4 aromatic rings. The van der Waals surface area contributed by atoms with Crippen molar-refractivity contribution in [1.29, 1.82) is 0 Å². The van der Waals surface area contributed by atoms with Gasteiger partial charge in [-0.05, 0) is 68.7 Å². The number of hydrogen-bond acceptors (Lipinski definition) is 8. The number of hydrogen-bond donors (Lipinski definition) is 2. The third kappa shape index (κ3) is 8.40. The summed E-state index contributed by atoms with van der Waals surface area (Å²) in [5.41, 5.74) is 7.10. The first-order valence-electron chi connectivity index (χ1n) is 18.3. The van der Waals surface area contributed by atoms with Crippen molar-refractivity contribution >= 4 is 49.8 Å². The van der Waals surface area contributed by atoms with E-state index in [0.29, 0.717) is 59.0 Å². The maximum absolute atomic E-state index is 13.3. The van der Waals surface area contributed by atoms with Gasteiger partial charge >= 0.3 is 6.18 Å². The van der Waals surface area contributed by atoms with E-state index in [2.05, 4.69) is 4.72 Å². The van der Waals surface area contributed by atoms with Crippen molar-refractivity contribution in [3.05, 3.63) is 72.3 Å². The molecule has 2 saturated carbocycles. The van der Waals surface area contributed by atoms with E-state index in [0.717, 1.165) is 37.8 Å². The van der Waals surface area contributed by atoms with Crippen molar-refractivity contribution < 1.29 is 45.1 Å². The maximum atomic E-state index is 13.3. The minimum Gasteiger partial charge on any atom is -0.484 e. The van der Waals surface area contributed by atoms with E-state index in [1.54, 1.807) is 18.2 Å². The highest BCUT2D eigenvalue weighted by Crippen LogP contribution is 2.41. The zero-order valence-corrected chi connectivity index (χ0v) is 30.2. The molecule has 3 heterocycles. The third-order valence-electron chi connectivity index (χ3n) is 10.3. The summed E-state index contributed by atoms with van der Waals surface area (Å²) in [6.07, 6.45) is 5.16. The number of nitrogens with zero attached hydrogens (tertiary/aromatic N) is 2. The molecule has 2 aromatic heterocycles. The SMILES string of the molecule is NC(=O)[C@@H]1C[C@@H](Oc2cc(-c3ccc(C(F)(F)F)cc3)nc3c2oc2ccccc23)CN1C(=O)CCCCCC/C=C\[C@@H]1C[C@@H]1C(=O)NS(=O)(=O)C1CC1. The molecular formula is C39H41F3N4O7S. The van der Waals surface area contributed by atoms with Gasteiger partial charge in [0.15, 0.2) is 11.3 Å². The summed E-state index contributed by atoms with van der Waals surface area (Å²) in [7, 11) is -3.52. The van der Waals surface area contributed by atoms with Gasteiger partial charge in [0.2, 0.25) is 27.7 Å². The van der Waals surface area contributed by atoms with E-state index in [9.17, 15) is 36.0 Å². The molecular weight excluding hydrogens is 726 g/mol. The van der Waals surface area contributed by atoms with E-state index >= 15 is 0 Å². The van der Waals surface area contributed by atoms with Gasteiger partial charge in [0, 0.05) is 35.8 Å². The molecule has 3 N–H and O–H groups in total. The fourth-order valence-corrected chi connectivity index (χ4v) is 8.39. The van der Waals surface area contributed by atoms with Crippen LogP contribution in [0.2, 0.25) is 0 Å². The van der Waals surface area contributed by atoms with E-state index in [1.807, 2.05) is 24.3 Å². The highest BCUT2D eigenvalue weighted by Gasteiger charge is 2.45. The number of rotatable bonds is 15. The zero-order valence-electron chi connectivity index (χ0n) is 29.4. The fraction of sp³-hybridized carbons (Fsp3) is 0.436. The number of fused-ring (bicyclic) bond motifs is 3. The number of carbonyl (C=O) groups is 3. The summed E-state index contributed by atoms with van der Waals surface area (Å²) in [5, 5.41) is 0.269. The lowest BCUT2D eigenvalue weighted by molar-refractivity contribution is -0.137. The Hall–Kier alpha value is -4.92. The highest BCUT2D eigenvalue weighted by atomic mass is 32.2. The number of carbonyl (C=O) groups excluding carboxylic acids is 3. The van der Waals surface area contributed by atoms with Gasteiger partial charge in [0.1, 0.15) is 23.2 Å². The number of amides is 3. The molecule has 3 amide bonds. The minimum absolute atomic E-state index is 0.0628. The molecule has 1 saturated heterocycles. The molecule has 0 radical (unpaired) electrons. The highest BCUT2D eigenvalue weighted by molar-refractivity contribution is 7.90. The van der Waals surface area contributed by atoms with Crippen LogP contribution in [0.1, 0.15) is 69.8 Å². The van der Waals surface area contributed by atoms with Crippen LogP contribution in [0.25, 0.3) is 33.3 Å². The first-order valence-corrected chi connectivity index (χ1v) is 19.8. The summed E-state index contributed by atoms with van der Waals surface area (Å²) in [4.78, 5) is 44.2. The van der Waals surface area contributed by atoms with E-state index in [-0.39, 0.29) is 42.9 Å². The lowest BCUT2D eigenvalue weighted by Gasteiger charge is -2.22. The number of halogens is 3. The second-order valence-electron chi connectivity index (χ2n) is 14.4. The molecule has 7 rings (SSSR count). The number of unbranched alkanes of at least 4 members (excludes halogenated alkanes) is 4. The molecule has 3 aliphatic rings. The number of furan rings is 1. The van der Waals surface area contributed by atoms with Crippen molar-refractivity contribution in [2.45, 2.75) is 87.8 Å². The van der Waals surface area contributed by atoms with Gasteiger partial charge in [-0.2, -0.15) is 13.2 Å². The number of ether oxygens (including phenoxy) is 1. The number of aromatic nitrogens is 1. The second kappa shape index (κ2) is 15.1. The molecule has 4 atom stereocenters. The number of sulfonamides is 1. The molecule has 1 aliphatic heterocycles. The molecule has 11 nitrogen and oxygen atoms in total. The Morgan fingerprint density at radius 2 is 1.76 bits per heavy atom. The lowest BCUT2D eigenvalue weighted by atomic mass is 10.1. The van der Waals surface area contributed by atoms with Crippen molar-refractivity contribution in [3.63, 3.8) is 0 Å². The predicted octanol–water partition coefficient (Wildman–Crippen LogP) is 6.64. The van der Waals surface area contributed by atoms with Gasteiger partial charge in [-0.15, -0.1) is 0 Å². The van der Waals surface area contributed by atoms with Crippen molar-refractivity contribution in [1.82, 2.24) is 14.6 Å². The Morgan fingerprint density at radius 1 is 1.02 bits per heavy atom. The van der Waals surface area contributed by atoms with Crippen LogP contribution in [0.15, 0.2) is 71.2 Å². The molecule has 54 heavy (non-hydrogen) atoms. The van der Waals surface area contributed by atoms with Crippen molar-refractivity contribution in [2.75, 3.05) is 6.54 Å². The average Bonchev–Trinajstić information content (AvgIpc) is 4.06. The van der Waals surface area contributed by atoms with Gasteiger partial charge in [-0.25, -0.2) is 13.4 Å². The number of benzene rings is 2. The van der Waals surface area contributed by atoms with Crippen LogP contribution < -0.4 is 15.2 Å². The summed E-state index contributed by atoms with van der Waals surface area (Å²) in [5.74, 6) is -1.21. The van der Waals surface area contributed by atoms with Gasteiger partial charge in [-0.1, -0.05) is 49.3 Å². The summed E-state index contributed by atoms with van der Waals surface area (Å²) < 4.78 is 78.4. The Bertz CT molecular complexity index is 2200. The van der Waals surface area contributed by atoms with Crippen molar-refractivity contribution in [2.24, 2.45) is 17.6 Å². The third-order valence-corrected chi connectivity index (χ3v) is 12.1. The van der Waals surface area contributed by atoms with E-state index < -0.39 is 51.0 Å². The molecule has 3 fully saturated rings. The Morgan fingerprint density at radius 3 is 2.48 bits per heavy atom. The van der Waals surface area contributed by atoms with E-state index in [4.69, 9.17) is 19.9 Å². The topological polar surface area (TPSA) is 162 Å². The van der Waals surface area contributed by atoms with Crippen LogP contribution in [-0.2, 0) is 30.6 Å². The molecule has 2 aliphatic carbocycles. The van der Waals surface area contributed by atoms with Crippen LogP contribution in [0.5, 0.6) is 5.75 Å². The second-order valence-corrected chi connectivity index (χ2v) is 16.4. The monoisotopic (exact) mass is 766 g/mol. The van der Waals surface area contributed by atoms with Gasteiger partial charge in [-0.3, -0.25) is 19.1 Å². The number of pyridine rings is 1. The quantitative estimate of drug-likeness (QED) is 0.101. The van der Waals surface area contributed by atoms with Crippen LogP contribution in [-0.4, -0.2) is 60.0 Å². The molecule has 0 unspecified atom stereocenters. The number of allylic oxidation sites excluding steroid dienone is 2. The van der Waals surface area contributed by atoms with Gasteiger partial charge in [0.25, 0.3) is 0 Å². The van der Waals surface area contributed by atoms with Crippen LogP contribution >= 0.6 is 0 Å². The Kier molecular flexibility index (Phi) is 10.4. The molecule has 0 spiro atoms. The maximum Gasteiger partial charge on any atom is 0.416 e. The molecule has 2 aromatic carbocycles. The Balaban J connectivity index is 0.926. The van der Waals surface area contributed by atoms with Gasteiger partial charge in [0.05, 0.1) is 23.1 Å². The number of likely N-dealkylation sites (tertiary alicyclic amines) is 1. The predicted molar refractivity (Wildman–Crippen MR) is 194 cm³/mol. The van der Waals surface area contributed by atoms with E-state index in [1.165, 1.54) is 17.0 Å². The summed E-state index contributed by atoms with van der Waals surface area (Å²) >= 11 is 0. The van der Waals surface area contributed by atoms with Crippen LogP contribution in [0.4, 0.5) is 13.2 Å². The summed E-state index contributed by atoms with van der Waals surface area (Å²) in [6, 6.07) is 12.6. The normalized spacial score (nSPS) is 21.6. The minimum atomic E-state index is -4.49. The number of alkyl halides is 3. The molecule has 15 heteroatoms. The first kappa shape index (κ1) is 37.4. The lowest BCUT2D eigenvalue weighted by Crippen LogP contribution is -2.43. The number of nitrogens with two attached hydrogens (primary N) is 1. The average molecular weight is 767 g/mol. The van der Waals surface area contributed by atoms with Crippen LogP contribution in [0.3, 0.4) is 0 Å². The summed E-state index contributed by atoms with van der Waals surface area (Å²) in [6.45, 7) is 0.115. The molecule has 0 bridgehead atoms. The van der Waals surface area contributed by atoms with Gasteiger partial charge < -0.3 is 19.8 Å². The largest absolute Gasteiger partial charge is 0.484 e. The fourth-order valence-electron chi connectivity index (χ4n) is 7.04. The standard InChI is InChI=1S/C39H41F3N4O7S/c40-39(41,42)25-15-13-23(14-16-25)30-21-33(36-35(44-30)28-10-7-8-11-32(28)53-36)52-26-20-31(37(43)48)46(22-26)34(47)12-6-4-2-1-3-5-9-24-19-29(24)38(49)45-54(50,51)27-17-18-27/h5,7-11,13-16,21,24,26-27,29,31H,1-4,6,12,17-20,22H2,(H2,43,48)(H,45,49)/b9-5-/t24-,26-,29+,31+/m1/s1. The molecule has 286 valence electrons. The first-order chi connectivity index (χ1) is 25.8. The van der Waals surface area contributed by atoms with Crippen LogP contribution in [0, 0.1) is 11.8 Å². The zero-order chi connectivity index (χ0) is 38.2. The van der Waals surface area contributed by atoms with Crippen molar-refractivity contribution in [3.8, 4) is 17.0 Å². The number of primary amides is 1. The smallest absolute Gasteiger partial charge is 0.416 e.